The summed E-state index contributed by atoms with van der Waals surface area (Å²) in [6.45, 7) is 6.00. The molecule has 1 heterocycles. The summed E-state index contributed by atoms with van der Waals surface area (Å²) in [5.41, 5.74) is 1.82. The minimum atomic E-state index is 0.408. The van der Waals surface area contributed by atoms with Crippen LogP contribution in [0.1, 0.15) is 26.1 Å². The van der Waals surface area contributed by atoms with Crippen LogP contribution in [0.5, 0.6) is 0 Å². The summed E-state index contributed by atoms with van der Waals surface area (Å²) >= 11 is 6.06. The fraction of sp³-hybridized carbons (Fsp3) is 0.375. The van der Waals surface area contributed by atoms with Crippen LogP contribution in [0.3, 0.4) is 0 Å². The van der Waals surface area contributed by atoms with Gasteiger partial charge in [-0.25, -0.2) is 9.97 Å². The average Bonchev–Trinajstić information content (AvgIpc) is 2.50. The van der Waals surface area contributed by atoms with Crippen molar-refractivity contribution >= 4 is 17.4 Å². The molecule has 0 unspecified atom stereocenters. The number of benzene rings is 1. The molecule has 0 saturated carbocycles. The van der Waals surface area contributed by atoms with Gasteiger partial charge >= 0.3 is 0 Å². The number of rotatable bonds is 7. The van der Waals surface area contributed by atoms with Crippen molar-refractivity contribution in [3.63, 3.8) is 0 Å². The summed E-state index contributed by atoms with van der Waals surface area (Å²) in [6.07, 6.45) is 1.04. The molecule has 0 amide bonds. The van der Waals surface area contributed by atoms with Crippen molar-refractivity contribution < 1.29 is 4.74 Å². The maximum atomic E-state index is 6.06. The SMILES string of the molecule is CCCNc1cc(-c2cccc(Cl)c2)nc(COCC)n1. The van der Waals surface area contributed by atoms with E-state index in [-0.39, 0.29) is 0 Å². The van der Waals surface area contributed by atoms with Gasteiger partial charge in [0.15, 0.2) is 5.82 Å². The molecule has 21 heavy (non-hydrogen) atoms. The summed E-state index contributed by atoms with van der Waals surface area (Å²) in [4.78, 5) is 9.03. The lowest BCUT2D eigenvalue weighted by Crippen LogP contribution is -2.07. The molecule has 0 aliphatic rings. The van der Waals surface area contributed by atoms with Crippen LogP contribution >= 0.6 is 11.6 Å². The van der Waals surface area contributed by atoms with Gasteiger partial charge in [-0.3, -0.25) is 0 Å². The standard InChI is InChI=1S/C16H20ClN3O/c1-3-8-18-15-10-14(12-6-5-7-13(17)9-12)19-16(20-15)11-21-4-2/h5-7,9-10H,3-4,8,11H2,1-2H3,(H,18,19,20). The quantitative estimate of drug-likeness (QED) is 0.834. The van der Waals surface area contributed by atoms with E-state index in [2.05, 4.69) is 22.2 Å². The van der Waals surface area contributed by atoms with Gasteiger partial charge in [0.25, 0.3) is 0 Å². The first kappa shape index (κ1) is 15.7. The minimum Gasteiger partial charge on any atom is -0.374 e. The second-order valence-electron chi connectivity index (χ2n) is 4.63. The van der Waals surface area contributed by atoms with E-state index in [1.165, 1.54) is 0 Å². The molecular formula is C16H20ClN3O. The maximum absolute atomic E-state index is 6.06. The molecule has 0 radical (unpaired) electrons. The highest BCUT2D eigenvalue weighted by Crippen LogP contribution is 2.23. The van der Waals surface area contributed by atoms with Crippen LogP contribution in [-0.4, -0.2) is 23.1 Å². The zero-order chi connectivity index (χ0) is 15.1. The largest absolute Gasteiger partial charge is 0.374 e. The Morgan fingerprint density at radius 2 is 2.05 bits per heavy atom. The minimum absolute atomic E-state index is 0.408. The number of aromatic nitrogens is 2. The number of nitrogens with one attached hydrogen (secondary N) is 1. The van der Waals surface area contributed by atoms with Gasteiger partial charge in [0.05, 0.1) is 5.69 Å². The molecule has 5 heteroatoms. The van der Waals surface area contributed by atoms with Crippen molar-refractivity contribution in [3.8, 4) is 11.3 Å². The lowest BCUT2D eigenvalue weighted by atomic mass is 10.1. The highest BCUT2D eigenvalue weighted by atomic mass is 35.5. The molecule has 0 saturated heterocycles. The van der Waals surface area contributed by atoms with Gasteiger partial charge in [0, 0.05) is 29.8 Å². The van der Waals surface area contributed by atoms with Gasteiger partial charge in [-0.2, -0.15) is 0 Å². The van der Waals surface area contributed by atoms with E-state index in [0.29, 0.717) is 24.1 Å². The first-order chi connectivity index (χ1) is 10.2. The second-order valence-corrected chi connectivity index (χ2v) is 5.07. The summed E-state index contributed by atoms with van der Waals surface area (Å²) < 4.78 is 5.41. The highest BCUT2D eigenvalue weighted by Gasteiger charge is 2.07. The third kappa shape index (κ3) is 4.69. The highest BCUT2D eigenvalue weighted by molar-refractivity contribution is 6.30. The van der Waals surface area contributed by atoms with E-state index in [1.807, 2.05) is 37.3 Å². The molecule has 0 aliphatic carbocycles. The maximum Gasteiger partial charge on any atom is 0.157 e. The van der Waals surface area contributed by atoms with Crippen molar-refractivity contribution in [1.29, 1.82) is 0 Å². The Labute approximate surface area is 130 Å². The monoisotopic (exact) mass is 305 g/mol. The third-order valence-corrected chi connectivity index (χ3v) is 3.12. The van der Waals surface area contributed by atoms with E-state index >= 15 is 0 Å². The number of hydrogen-bond acceptors (Lipinski definition) is 4. The Hall–Kier alpha value is -1.65. The summed E-state index contributed by atoms with van der Waals surface area (Å²) in [6, 6.07) is 9.60. The van der Waals surface area contributed by atoms with Gasteiger partial charge in [-0.1, -0.05) is 30.7 Å². The number of halogens is 1. The van der Waals surface area contributed by atoms with Crippen LogP contribution in [0.25, 0.3) is 11.3 Å². The Kier molecular flexibility index (Phi) is 5.96. The molecule has 0 spiro atoms. The summed E-state index contributed by atoms with van der Waals surface area (Å²) in [5.74, 6) is 1.49. The van der Waals surface area contributed by atoms with E-state index < -0.39 is 0 Å². The van der Waals surface area contributed by atoms with Crippen molar-refractivity contribution in [2.24, 2.45) is 0 Å². The molecule has 0 fully saturated rings. The molecule has 2 rings (SSSR count). The fourth-order valence-electron chi connectivity index (χ4n) is 1.89. The zero-order valence-electron chi connectivity index (χ0n) is 12.4. The molecular weight excluding hydrogens is 286 g/mol. The predicted molar refractivity (Wildman–Crippen MR) is 86.6 cm³/mol. The fourth-order valence-corrected chi connectivity index (χ4v) is 2.08. The molecule has 1 aromatic carbocycles. The van der Waals surface area contributed by atoms with Crippen molar-refractivity contribution in [2.75, 3.05) is 18.5 Å². The first-order valence-corrected chi connectivity index (χ1v) is 7.56. The summed E-state index contributed by atoms with van der Waals surface area (Å²) in [5, 5.41) is 3.99. The van der Waals surface area contributed by atoms with Gasteiger partial charge < -0.3 is 10.1 Å². The van der Waals surface area contributed by atoms with Gasteiger partial charge in [-0.15, -0.1) is 0 Å². The van der Waals surface area contributed by atoms with Gasteiger partial charge in [0.2, 0.25) is 0 Å². The van der Waals surface area contributed by atoms with E-state index in [0.717, 1.165) is 30.0 Å². The molecule has 2 aromatic rings. The predicted octanol–water partition coefficient (Wildman–Crippen LogP) is 4.16. The van der Waals surface area contributed by atoms with Gasteiger partial charge in [0.1, 0.15) is 12.4 Å². The number of nitrogens with zero attached hydrogens (tertiary/aromatic N) is 2. The zero-order valence-corrected chi connectivity index (χ0v) is 13.2. The molecule has 0 aliphatic heterocycles. The van der Waals surface area contributed by atoms with E-state index in [4.69, 9.17) is 16.3 Å². The number of hydrogen-bond donors (Lipinski definition) is 1. The van der Waals surface area contributed by atoms with Crippen LogP contribution < -0.4 is 5.32 Å². The summed E-state index contributed by atoms with van der Waals surface area (Å²) in [7, 11) is 0. The Bertz CT molecular complexity index is 563. The number of anilines is 1. The van der Waals surface area contributed by atoms with E-state index in [9.17, 15) is 0 Å². The lowest BCUT2D eigenvalue weighted by molar-refractivity contribution is 0.128. The molecule has 112 valence electrons. The molecule has 1 aromatic heterocycles. The Morgan fingerprint density at radius 1 is 1.19 bits per heavy atom. The Morgan fingerprint density at radius 3 is 2.76 bits per heavy atom. The average molecular weight is 306 g/mol. The van der Waals surface area contributed by atoms with Crippen LogP contribution in [-0.2, 0) is 11.3 Å². The smallest absolute Gasteiger partial charge is 0.157 e. The first-order valence-electron chi connectivity index (χ1n) is 7.18. The van der Waals surface area contributed by atoms with E-state index in [1.54, 1.807) is 0 Å². The third-order valence-electron chi connectivity index (χ3n) is 2.88. The Balaban J connectivity index is 2.33. The lowest BCUT2D eigenvalue weighted by Gasteiger charge is -2.10. The van der Waals surface area contributed by atoms with Crippen molar-refractivity contribution in [3.05, 3.63) is 41.2 Å². The molecule has 1 N–H and O–H groups in total. The van der Waals surface area contributed by atoms with Crippen LogP contribution in [0, 0.1) is 0 Å². The number of ether oxygens (including phenoxy) is 1. The molecule has 0 atom stereocenters. The normalized spacial score (nSPS) is 10.6. The van der Waals surface area contributed by atoms with Crippen LogP contribution in [0.2, 0.25) is 5.02 Å². The van der Waals surface area contributed by atoms with Crippen LogP contribution in [0.15, 0.2) is 30.3 Å². The molecule has 0 bridgehead atoms. The molecule has 4 nitrogen and oxygen atoms in total. The van der Waals surface area contributed by atoms with Gasteiger partial charge in [-0.05, 0) is 25.5 Å². The topological polar surface area (TPSA) is 47.0 Å². The van der Waals surface area contributed by atoms with Crippen molar-refractivity contribution in [1.82, 2.24) is 9.97 Å². The second kappa shape index (κ2) is 7.96. The van der Waals surface area contributed by atoms with Crippen molar-refractivity contribution in [2.45, 2.75) is 26.9 Å². The van der Waals surface area contributed by atoms with Crippen LogP contribution in [0.4, 0.5) is 5.82 Å².